The van der Waals surface area contributed by atoms with Crippen LogP contribution in [0.2, 0.25) is 0 Å². The first-order chi connectivity index (χ1) is 10.7. The molecule has 4 rings (SSSR count). The lowest BCUT2D eigenvalue weighted by Gasteiger charge is -2.42. The van der Waals surface area contributed by atoms with Gasteiger partial charge in [0.2, 0.25) is 0 Å². The highest BCUT2D eigenvalue weighted by Gasteiger charge is 2.39. The van der Waals surface area contributed by atoms with E-state index in [2.05, 4.69) is 47.9 Å². The summed E-state index contributed by atoms with van der Waals surface area (Å²) in [5.74, 6) is 1.19. The lowest BCUT2D eigenvalue weighted by atomic mass is 9.90. The quantitative estimate of drug-likeness (QED) is 0.793. The molecule has 0 spiro atoms. The maximum Gasteiger partial charge on any atom is 0.161 e. The molecule has 4 heteroatoms. The fourth-order valence-corrected chi connectivity index (χ4v) is 3.58. The van der Waals surface area contributed by atoms with Crippen LogP contribution in [-0.2, 0) is 6.42 Å². The van der Waals surface area contributed by atoms with Gasteiger partial charge in [0.15, 0.2) is 6.23 Å². The predicted octanol–water partition coefficient (Wildman–Crippen LogP) is 3.09. The minimum Gasteiger partial charge on any atom is -0.474 e. The van der Waals surface area contributed by atoms with Crippen LogP contribution in [0.5, 0.6) is 5.75 Å². The molecule has 0 radical (unpaired) electrons. The molecule has 2 aliphatic rings. The lowest BCUT2D eigenvalue weighted by Crippen LogP contribution is -2.60. The van der Waals surface area contributed by atoms with Gasteiger partial charge in [0, 0.05) is 0 Å². The van der Waals surface area contributed by atoms with Crippen LogP contribution in [0.4, 0.5) is 0 Å². The molecule has 3 nitrogen and oxygen atoms in total. The van der Waals surface area contributed by atoms with E-state index < -0.39 is 0 Å². The van der Waals surface area contributed by atoms with Crippen LogP contribution in [0, 0.1) is 12.8 Å². The van der Waals surface area contributed by atoms with Gasteiger partial charge < -0.3 is 10.1 Å². The smallest absolute Gasteiger partial charge is 0.161 e. The van der Waals surface area contributed by atoms with Crippen molar-refractivity contribution in [3.63, 3.8) is 0 Å². The van der Waals surface area contributed by atoms with Crippen molar-refractivity contribution in [3.05, 3.63) is 65.2 Å². The molecule has 3 unspecified atom stereocenters. The first kappa shape index (κ1) is 13.7. The molecule has 0 bridgehead atoms. The Kier molecular flexibility index (Phi) is 3.36. The zero-order valence-electron chi connectivity index (χ0n) is 12.4. The van der Waals surface area contributed by atoms with E-state index in [1.807, 2.05) is 18.2 Å². The molecule has 0 amide bonds. The summed E-state index contributed by atoms with van der Waals surface area (Å²) in [6.45, 7) is 2.09. The molecule has 2 aromatic carbocycles. The molecule has 1 fully saturated rings. The molecule has 2 aliphatic heterocycles. The molecular weight excluding hydrogens is 292 g/mol. The fraction of sp³-hybridized carbons (Fsp3) is 0.278. The Bertz CT molecular complexity index is 716. The predicted molar refractivity (Wildman–Crippen MR) is 90.8 cm³/mol. The standard InChI is InChI=1S/C18H18N2OS/c1-11-6-5-9-13-10-14-17(21-15(11)13)19-16(20-18(14)22)12-7-3-2-4-8-12/h2-9,14,16-17,19H,10H2,1H3,(H,20,22). The Morgan fingerprint density at radius 2 is 1.91 bits per heavy atom. The molecule has 3 atom stereocenters. The van der Waals surface area contributed by atoms with E-state index in [0.717, 1.165) is 17.2 Å². The number of para-hydroxylation sites is 1. The van der Waals surface area contributed by atoms with E-state index in [-0.39, 0.29) is 18.3 Å². The van der Waals surface area contributed by atoms with Gasteiger partial charge >= 0.3 is 0 Å². The van der Waals surface area contributed by atoms with Crippen LogP contribution in [-0.4, -0.2) is 11.2 Å². The van der Waals surface area contributed by atoms with Gasteiger partial charge in [0.1, 0.15) is 11.9 Å². The number of thiocarbonyl (C=S) groups is 1. The van der Waals surface area contributed by atoms with Gasteiger partial charge in [0.05, 0.1) is 10.9 Å². The molecule has 0 saturated carbocycles. The summed E-state index contributed by atoms with van der Waals surface area (Å²) in [7, 11) is 0. The van der Waals surface area contributed by atoms with E-state index in [1.54, 1.807) is 0 Å². The molecule has 2 N–H and O–H groups in total. The monoisotopic (exact) mass is 310 g/mol. The van der Waals surface area contributed by atoms with Crippen LogP contribution in [0.15, 0.2) is 48.5 Å². The van der Waals surface area contributed by atoms with E-state index in [0.29, 0.717) is 0 Å². The number of ether oxygens (including phenoxy) is 1. The molecule has 22 heavy (non-hydrogen) atoms. The number of aryl methyl sites for hydroxylation is 1. The number of rotatable bonds is 1. The van der Waals surface area contributed by atoms with Gasteiger partial charge in [-0.25, -0.2) is 0 Å². The van der Waals surface area contributed by atoms with Crippen molar-refractivity contribution in [2.45, 2.75) is 25.7 Å². The van der Waals surface area contributed by atoms with E-state index in [1.165, 1.54) is 16.7 Å². The zero-order chi connectivity index (χ0) is 15.1. The molecule has 0 aliphatic carbocycles. The molecule has 2 aromatic rings. The Hall–Kier alpha value is -1.91. The van der Waals surface area contributed by atoms with Crippen LogP contribution in [0.1, 0.15) is 22.9 Å². The first-order valence-electron chi connectivity index (χ1n) is 7.59. The summed E-state index contributed by atoms with van der Waals surface area (Å²) < 4.78 is 6.25. The largest absolute Gasteiger partial charge is 0.474 e. The molecule has 2 heterocycles. The fourth-order valence-electron chi connectivity index (χ4n) is 3.26. The summed E-state index contributed by atoms with van der Waals surface area (Å²) >= 11 is 5.61. The van der Waals surface area contributed by atoms with E-state index >= 15 is 0 Å². The van der Waals surface area contributed by atoms with Crippen molar-refractivity contribution in [1.29, 1.82) is 0 Å². The van der Waals surface area contributed by atoms with E-state index in [9.17, 15) is 0 Å². The second-order valence-electron chi connectivity index (χ2n) is 5.93. The highest BCUT2D eigenvalue weighted by Crippen LogP contribution is 2.35. The van der Waals surface area contributed by atoms with Crippen molar-refractivity contribution in [3.8, 4) is 5.75 Å². The van der Waals surface area contributed by atoms with Crippen molar-refractivity contribution < 1.29 is 4.74 Å². The third-order valence-electron chi connectivity index (χ3n) is 4.43. The average molecular weight is 310 g/mol. The summed E-state index contributed by atoms with van der Waals surface area (Å²) in [4.78, 5) is 0.879. The number of nitrogens with one attached hydrogen (secondary N) is 2. The SMILES string of the molecule is Cc1cccc2c1OC1NC(c3ccccc3)NC(=S)C1C2. The molecular formula is C18H18N2OS. The van der Waals surface area contributed by atoms with Crippen molar-refractivity contribution >= 4 is 17.2 Å². The second-order valence-corrected chi connectivity index (χ2v) is 6.37. The van der Waals surface area contributed by atoms with Gasteiger partial charge in [-0.3, -0.25) is 5.32 Å². The topological polar surface area (TPSA) is 33.3 Å². The average Bonchev–Trinajstić information content (AvgIpc) is 2.55. The van der Waals surface area contributed by atoms with Crippen molar-refractivity contribution in [2.75, 3.05) is 0 Å². The number of hydrogen-bond donors (Lipinski definition) is 2. The maximum absolute atomic E-state index is 6.25. The van der Waals surface area contributed by atoms with Gasteiger partial charge in [-0.1, -0.05) is 60.7 Å². The van der Waals surface area contributed by atoms with Gasteiger partial charge in [-0.2, -0.15) is 0 Å². The van der Waals surface area contributed by atoms with E-state index in [4.69, 9.17) is 17.0 Å². The van der Waals surface area contributed by atoms with Gasteiger partial charge in [-0.05, 0) is 30.0 Å². The highest BCUT2D eigenvalue weighted by molar-refractivity contribution is 7.80. The Balaban J connectivity index is 1.64. The Labute approximate surface area is 135 Å². The summed E-state index contributed by atoms with van der Waals surface area (Å²) in [6, 6.07) is 16.6. The zero-order valence-corrected chi connectivity index (χ0v) is 13.2. The van der Waals surface area contributed by atoms with Gasteiger partial charge in [0.25, 0.3) is 0 Å². The van der Waals surface area contributed by atoms with Crippen LogP contribution in [0.25, 0.3) is 0 Å². The number of benzene rings is 2. The van der Waals surface area contributed by atoms with Crippen molar-refractivity contribution in [1.82, 2.24) is 10.6 Å². The molecule has 1 saturated heterocycles. The summed E-state index contributed by atoms with van der Waals surface area (Å²) in [5, 5.41) is 6.97. The highest BCUT2D eigenvalue weighted by atomic mass is 32.1. The van der Waals surface area contributed by atoms with Crippen LogP contribution < -0.4 is 15.4 Å². The van der Waals surface area contributed by atoms with Crippen molar-refractivity contribution in [2.24, 2.45) is 5.92 Å². The van der Waals surface area contributed by atoms with Crippen LogP contribution in [0.3, 0.4) is 0 Å². The minimum absolute atomic E-state index is 0.000480. The molecule has 0 aromatic heterocycles. The summed E-state index contributed by atoms with van der Waals surface area (Å²) in [6.07, 6.45) is 0.843. The number of fused-ring (bicyclic) bond motifs is 2. The third-order valence-corrected chi connectivity index (χ3v) is 4.85. The molecule has 112 valence electrons. The van der Waals surface area contributed by atoms with Crippen LogP contribution >= 0.6 is 12.2 Å². The first-order valence-corrected chi connectivity index (χ1v) is 8.00. The minimum atomic E-state index is -0.0763. The Morgan fingerprint density at radius 1 is 1.09 bits per heavy atom. The van der Waals surface area contributed by atoms with Gasteiger partial charge in [-0.15, -0.1) is 0 Å². The normalized spacial score (nSPS) is 26.4. The lowest BCUT2D eigenvalue weighted by molar-refractivity contribution is 0.0798. The maximum atomic E-state index is 6.25. The Morgan fingerprint density at radius 3 is 2.73 bits per heavy atom. The number of hydrogen-bond acceptors (Lipinski definition) is 3. The third kappa shape index (κ3) is 2.28. The second kappa shape index (κ2) is 5.38. The summed E-state index contributed by atoms with van der Waals surface area (Å²) in [5.41, 5.74) is 3.59.